The highest BCUT2D eigenvalue weighted by Crippen LogP contribution is 2.22. The van der Waals surface area contributed by atoms with Gasteiger partial charge in [0.2, 0.25) is 0 Å². The maximum absolute atomic E-state index is 12.8. The van der Waals surface area contributed by atoms with E-state index < -0.39 is 5.97 Å². The highest BCUT2D eigenvalue weighted by atomic mass is 35.5. The molecule has 0 unspecified atom stereocenters. The van der Waals surface area contributed by atoms with Gasteiger partial charge in [-0.05, 0) is 61.6 Å². The number of halogens is 2. The van der Waals surface area contributed by atoms with Gasteiger partial charge in [-0.1, -0.05) is 11.6 Å². The molecule has 0 aromatic heterocycles. The summed E-state index contributed by atoms with van der Waals surface area (Å²) in [6.45, 7) is 2.00. The van der Waals surface area contributed by atoms with Gasteiger partial charge >= 0.3 is 5.97 Å². The van der Waals surface area contributed by atoms with Crippen LogP contribution in [0.25, 0.3) is 0 Å². The summed E-state index contributed by atoms with van der Waals surface area (Å²) in [5.74, 6) is -0.799. The zero-order valence-corrected chi connectivity index (χ0v) is 13.8. The molecule has 0 aliphatic carbocycles. The molecule has 0 aliphatic rings. The van der Waals surface area contributed by atoms with E-state index in [4.69, 9.17) is 28.6 Å². The Bertz CT molecular complexity index is 723. The van der Waals surface area contributed by atoms with Crippen LogP contribution in [-0.2, 0) is 4.74 Å². The molecule has 2 N–H and O–H groups in total. The third-order valence-corrected chi connectivity index (χ3v) is 3.34. The van der Waals surface area contributed by atoms with Gasteiger partial charge in [0.1, 0.15) is 5.82 Å². The van der Waals surface area contributed by atoms with Crippen molar-refractivity contribution >= 4 is 46.3 Å². The van der Waals surface area contributed by atoms with E-state index in [-0.39, 0.29) is 23.0 Å². The number of nitrogens with one attached hydrogen (secondary N) is 2. The Morgan fingerprint density at radius 2 is 1.78 bits per heavy atom. The number of rotatable bonds is 4. The Morgan fingerprint density at radius 1 is 1.17 bits per heavy atom. The zero-order valence-electron chi connectivity index (χ0n) is 12.2. The summed E-state index contributed by atoms with van der Waals surface area (Å²) in [6.07, 6.45) is 0. The van der Waals surface area contributed by atoms with Crippen molar-refractivity contribution in [2.75, 3.05) is 17.2 Å². The van der Waals surface area contributed by atoms with Crippen molar-refractivity contribution in [3.8, 4) is 0 Å². The van der Waals surface area contributed by atoms with Crippen LogP contribution in [-0.4, -0.2) is 17.7 Å². The number of ether oxygens (including phenoxy) is 1. The summed E-state index contributed by atoms with van der Waals surface area (Å²) >= 11 is 11.2. The second-order valence-electron chi connectivity index (χ2n) is 4.50. The fourth-order valence-electron chi connectivity index (χ4n) is 1.79. The predicted molar refractivity (Wildman–Crippen MR) is 93.7 cm³/mol. The van der Waals surface area contributed by atoms with Crippen molar-refractivity contribution in [3.63, 3.8) is 0 Å². The molecule has 2 aromatic rings. The molecule has 120 valence electrons. The van der Waals surface area contributed by atoms with Gasteiger partial charge in [-0.3, -0.25) is 0 Å². The maximum Gasteiger partial charge on any atom is 0.339 e. The number of hydrogen-bond acceptors (Lipinski definition) is 3. The Balaban J connectivity index is 2.02. The third kappa shape index (κ3) is 4.91. The summed E-state index contributed by atoms with van der Waals surface area (Å²) < 4.78 is 17.8. The topological polar surface area (TPSA) is 50.4 Å². The fraction of sp³-hybridized carbons (Fsp3) is 0.125. The molecule has 0 saturated carbocycles. The van der Waals surface area contributed by atoms with E-state index in [1.165, 1.54) is 12.1 Å². The molecule has 2 aromatic carbocycles. The first kappa shape index (κ1) is 17.2. The molecule has 0 amide bonds. The van der Waals surface area contributed by atoms with Crippen molar-refractivity contribution in [1.29, 1.82) is 0 Å². The van der Waals surface area contributed by atoms with Gasteiger partial charge in [-0.15, -0.1) is 0 Å². The lowest BCUT2D eigenvalue weighted by Gasteiger charge is -2.12. The average Bonchev–Trinajstić information content (AvgIpc) is 2.50. The molecule has 0 spiro atoms. The molecule has 0 fully saturated rings. The normalized spacial score (nSPS) is 10.0. The summed E-state index contributed by atoms with van der Waals surface area (Å²) in [7, 11) is 0. The summed E-state index contributed by atoms with van der Waals surface area (Å²) in [4.78, 5) is 11.7. The predicted octanol–water partition coefficient (Wildman–Crippen LogP) is 4.46. The molecule has 0 atom stereocenters. The zero-order chi connectivity index (χ0) is 16.8. The van der Waals surface area contributed by atoms with Gasteiger partial charge in [0.15, 0.2) is 5.11 Å². The Labute approximate surface area is 143 Å². The van der Waals surface area contributed by atoms with Crippen LogP contribution in [0.1, 0.15) is 17.3 Å². The number of carbonyl (C=O) groups excluding carboxylic acids is 1. The van der Waals surface area contributed by atoms with Gasteiger partial charge in [0, 0.05) is 11.4 Å². The fourth-order valence-corrected chi connectivity index (χ4v) is 2.29. The SMILES string of the molecule is CCOC(=O)c1ccc(NC(=S)Nc2ccc(F)cc2)cc1Cl. The van der Waals surface area contributed by atoms with Crippen molar-refractivity contribution < 1.29 is 13.9 Å². The van der Waals surface area contributed by atoms with Crippen molar-refractivity contribution in [1.82, 2.24) is 0 Å². The largest absolute Gasteiger partial charge is 0.462 e. The van der Waals surface area contributed by atoms with Crippen LogP contribution in [0.3, 0.4) is 0 Å². The van der Waals surface area contributed by atoms with Gasteiger partial charge in [-0.2, -0.15) is 0 Å². The van der Waals surface area contributed by atoms with Gasteiger partial charge in [-0.25, -0.2) is 9.18 Å². The van der Waals surface area contributed by atoms with Gasteiger partial charge in [0.05, 0.1) is 17.2 Å². The number of benzene rings is 2. The van der Waals surface area contributed by atoms with Crippen molar-refractivity contribution in [2.24, 2.45) is 0 Å². The van der Waals surface area contributed by atoms with Crippen molar-refractivity contribution in [3.05, 3.63) is 58.9 Å². The Kier molecular flexibility index (Phi) is 5.90. The first-order valence-corrected chi connectivity index (χ1v) is 7.58. The minimum Gasteiger partial charge on any atom is -0.462 e. The third-order valence-electron chi connectivity index (χ3n) is 2.82. The molecule has 0 saturated heterocycles. The maximum atomic E-state index is 12.8. The molecule has 23 heavy (non-hydrogen) atoms. The molecule has 4 nitrogen and oxygen atoms in total. The van der Waals surface area contributed by atoms with E-state index in [9.17, 15) is 9.18 Å². The molecule has 0 radical (unpaired) electrons. The number of carbonyl (C=O) groups is 1. The number of thiocarbonyl (C=S) groups is 1. The molecule has 0 bridgehead atoms. The van der Waals surface area contributed by atoms with E-state index in [1.807, 2.05) is 0 Å². The van der Waals surface area contributed by atoms with Crippen molar-refractivity contribution in [2.45, 2.75) is 6.92 Å². The van der Waals surface area contributed by atoms with Gasteiger partial charge < -0.3 is 15.4 Å². The monoisotopic (exact) mass is 352 g/mol. The molecule has 0 heterocycles. The number of esters is 1. The molecular weight excluding hydrogens is 339 g/mol. The second-order valence-corrected chi connectivity index (χ2v) is 5.32. The molecule has 0 aliphatic heterocycles. The van der Waals surface area contributed by atoms with Crippen LogP contribution in [0, 0.1) is 5.82 Å². The first-order chi connectivity index (χ1) is 11.0. The molecule has 7 heteroatoms. The first-order valence-electron chi connectivity index (χ1n) is 6.80. The minimum atomic E-state index is -0.476. The van der Waals surface area contributed by atoms with Crippen LogP contribution in [0.15, 0.2) is 42.5 Å². The minimum absolute atomic E-state index is 0.262. The lowest BCUT2D eigenvalue weighted by molar-refractivity contribution is 0.0526. The summed E-state index contributed by atoms with van der Waals surface area (Å²) in [5.41, 5.74) is 1.55. The molecular formula is C16H14ClFN2O2S. The Hall–Kier alpha value is -2.18. The number of hydrogen-bond donors (Lipinski definition) is 2. The van der Waals surface area contributed by atoms with E-state index in [0.717, 1.165) is 0 Å². The summed E-state index contributed by atoms with van der Waals surface area (Å²) in [5, 5.41) is 6.43. The highest BCUT2D eigenvalue weighted by molar-refractivity contribution is 7.80. The highest BCUT2D eigenvalue weighted by Gasteiger charge is 2.12. The lowest BCUT2D eigenvalue weighted by Crippen LogP contribution is -2.19. The smallest absolute Gasteiger partial charge is 0.339 e. The van der Waals surface area contributed by atoms with Crippen LogP contribution in [0.4, 0.5) is 15.8 Å². The summed E-state index contributed by atoms with van der Waals surface area (Å²) in [6, 6.07) is 10.6. The second kappa shape index (κ2) is 7.89. The van der Waals surface area contributed by atoms with E-state index in [2.05, 4.69) is 10.6 Å². The lowest BCUT2D eigenvalue weighted by atomic mass is 10.2. The van der Waals surface area contributed by atoms with Crippen LogP contribution in [0.2, 0.25) is 5.02 Å². The average molecular weight is 353 g/mol. The quantitative estimate of drug-likeness (QED) is 0.628. The Morgan fingerprint density at radius 3 is 2.39 bits per heavy atom. The standard InChI is InChI=1S/C16H14ClFN2O2S/c1-2-22-15(21)13-8-7-12(9-14(13)17)20-16(23)19-11-5-3-10(18)4-6-11/h3-9H,2H2,1H3,(H2,19,20,23). The van der Waals surface area contributed by atoms with E-state index in [1.54, 1.807) is 37.3 Å². The number of anilines is 2. The van der Waals surface area contributed by atoms with Crippen LogP contribution in [0.5, 0.6) is 0 Å². The van der Waals surface area contributed by atoms with Crippen LogP contribution >= 0.6 is 23.8 Å². The van der Waals surface area contributed by atoms with E-state index >= 15 is 0 Å². The van der Waals surface area contributed by atoms with Crippen LogP contribution < -0.4 is 10.6 Å². The van der Waals surface area contributed by atoms with Gasteiger partial charge in [0.25, 0.3) is 0 Å². The van der Waals surface area contributed by atoms with E-state index in [0.29, 0.717) is 16.5 Å². The molecule has 2 rings (SSSR count).